The maximum atomic E-state index is 13.9. The SMILES string of the molecule is CCC(CS(=O)(=O)N1CCC[C@@H]1C)N1C(=O)[C@H](CC(=O)O)O[C@H](c2cccc(Cl)c2)[C@H]1c1ccc(Cl)cc1. The topological polar surface area (TPSA) is 104 Å². The number of carboxylic acid groups (broad SMARTS) is 1. The second-order valence-corrected chi connectivity index (χ2v) is 12.7. The van der Waals surface area contributed by atoms with Crippen LogP contribution in [0.1, 0.15) is 62.8 Å². The molecule has 4 rings (SSSR count). The lowest BCUT2D eigenvalue weighted by Crippen LogP contribution is -2.57. The number of morpholine rings is 1. The zero-order chi connectivity index (χ0) is 27.6. The van der Waals surface area contributed by atoms with Crippen molar-refractivity contribution in [3.63, 3.8) is 0 Å². The van der Waals surface area contributed by atoms with Gasteiger partial charge in [0.05, 0.1) is 18.2 Å². The largest absolute Gasteiger partial charge is 0.481 e. The number of amides is 1. The molecule has 0 aliphatic carbocycles. The first-order valence-electron chi connectivity index (χ1n) is 12.7. The average molecular weight is 584 g/mol. The minimum atomic E-state index is -3.69. The number of aliphatic carboxylic acids is 1. The molecule has 38 heavy (non-hydrogen) atoms. The molecule has 5 atom stereocenters. The van der Waals surface area contributed by atoms with Gasteiger partial charge in [-0.2, -0.15) is 4.31 Å². The number of hydrogen-bond acceptors (Lipinski definition) is 5. The molecule has 0 aromatic heterocycles. The number of benzene rings is 2. The predicted molar refractivity (Wildman–Crippen MR) is 146 cm³/mol. The first-order valence-corrected chi connectivity index (χ1v) is 15.1. The van der Waals surface area contributed by atoms with Crippen LogP contribution in [0, 0.1) is 0 Å². The quantitative estimate of drug-likeness (QED) is 0.442. The fraction of sp³-hybridized carbons (Fsp3) is 0.481. The van der Waals surface area contributed by atoms with Crippen LogP contribution in [0.15, 0.2) is 48.5 Å². The number of hydrogen-bond donors (Lipinski definition) is 1. The molecule has 0 radical (unpaired) electrons. The molecule has 2 aliphatic heterocycles. The van der Waals surface area contributed by atoms with E-state index in [9.17, 15) is 23.1 Å². The number of nitrogens with zero attached hydrogens (tertiary/aromatic N) is 2. The minimum absolute atomic E-state index is 0.107. The third kappa shape index (κ3) is 6.18. The monoisotopic (exact) mass is 582 g/mol. The van der Waals surface area contributed by atoms with Crippen molar-refractivity contribution < 1.29 is 27.9 Å². The number of halogens is 2. The predicted octanol–water partition coefficient (Wildman–Crippen LogP) is 5.07. The average Bonchev–Trinajstić information content (AvgIpc) is 3.31. The number of rotatable bonds is 9. The zero-order valence-corrected chi connectivity index (χ0v) is 23.6. The number of sulfonamides is 1. The summed E-state index contributed by atoms with van der Waals surface area (Å²) in [4.78, 5) is 27.1. The van der Waals surface area contributed by atoms with Gasteiger partial charge in [-0.25, -0.2) is 8.42 Å². The van der Waals surface area contributed by atoms with Gasteiger partial charge in [-0.1, -0.05) is 54.4 Å². The molecule has 1 N–H and O–H groups in total. The molecule has 2 saturated heterocycles. The molecule has 2 aliphatic rings. The van der Waals surface area contributed by atoms with Crippen molar-refractivity contribution in [2.24, 2.45) is 0 Å². The lowest BCUT2D eigenvalue weighted by molar-refractivity contribution is -0.182. The Labute approximate surface area is 233 Å². The summed E-state index contributed by atoms with van der Waals surface area (Å²) in [5.74, 6) is -2.02. The normalized spacial score (nSPS) is 25.5. The number of ether oxygens (including phenoxy) is 1. The van der Waals surface area contributed by atoms with Gasteiger partial charge in [0.1, 0.15) is 12.2 Å². The highest BCUT2D eigenvalue weighted by Crippen LogP contribution is 2.45. The van der Waals surface area contributed by atoms with Crippen molar-refractivity contribution in [3.05, 3.63) is 69.7 Å². The van der Waals surface area contributed by atoms with Crippen LogP contribution >= 0.6 is 23.2 Å². The van der Waals surface area contributed by atoms with E-state index in [-0.39, 0.29) is 11.8 Å². The number of carbonyl (C=O) groups is 2. The lowest BCUT2D eigenvalue weighted by Gasteiger charge is -2.48. The van der Waals surface area contributed by atoms with Gasteiger partial charge in [0.15, 0.2) is 0 Å². The Balaban J connectivity index is 1.83. The number of carboxylic acids is 1. The van der Waals surface area contributed by atoms with Crippen molar-refractivity contribution in [1.29, 1.82) is 0 Å². The maximum Gasteiger partial charge on any atom is 0.306 e. The van der Waals surface area contributed by atoms with E-state index in [1.54, 1.807) is 48.5 Å². The molecule has 1 amide bonds. The Morgan fingerprint density at radius 2 is 1.84 bits per heavy atom. The third-order valence-corrected chi connectivity index (χ3v) is 9.84. The van der Waals surface area contributed by atoms with E-state index in [1.807, 2.05) is 13.8 Å². The van der Waals surface area contributed by atoms with Crippen LogP contribution in [0.3, 0.4) is 0 Å². The van der Waals surface area contributed by atoms with E-state index < -0.39 is 52.6 Å². The van der Waals surface area contributed by atoms with Crippen molar-refractivity contribution in [3.8, 4) is 0 Å². The lowest BCUT2D eigenvalue weighted by atomic mass is 9.89. The molecule has 2 heterocycles. The summed E-state index contributed by atoms with van der Waals surface area (Å²) >= 11 is 12.4. The summed E-state index contributed by atoms with van der Waals surface area (Å²) in [6.07, 6.45) is -0.705. The first-order chi connectivity index (χ1) is 18.0. The van der Waals surface area contributed by atoms with Crippen LogP contribution in [0.5, 0.6) is 0 Å². The molecule has 0 saturated carbocycles. The third-order valence-electron chi connectivity index (χ3n) is 7.29. The van der Waals surface area contributed by atoms with E-state index in [2.05, 4.69) is 0 Å². The Hall–Kier alpha value is -2.17. The van der Waals surface area contributed by atoms with Crippen LogP contribution in [0.2, 0.25) is 10.0 Å². The second-order valence-electron chi connectivity index (χ2n) is 9.88. The van der Waals surface area contributed by atoms with E-state index in [4.69, 9.17) is 27.9 Å². The summed E-state index contributed by atoms with van der Waals surface area (Å²) in [5, 5.41) is 10.5. The van der Waals surface area contributed by atoms with E-state index >= 15 is 0 Å². The standard InChI is InChI=1S/C27H32Cl2N2O6S/c1-3-22(16-38(35,36)30-13-5-6-17(30)2)31-25(18-9-11-20(28)12-10-18)26(19-7-4-8-21(29)14-19)37-23(27(31)34)15-24(32)33/h4,7-12,14,17,22-23,25-26H,3,5-6,13,15-16H2,1-2H3,(H,32,33)/t17-,22?,23-,25+,26+/m0/s1. The van der Waals surface area contributed by atoms with Crippen LogP contribution in [-0.2, 0) is 24.3 Å². The van der Waals surface area contributed by atoms with E-state index in [1.165, 1.54) is 9.21 Å². The summed E-state index contributed by atoms with van der Waals surface area (Å²) in [7, 11) is -3.69. The Morgan fingerprint density at radius 3 is 2.42 bits per heavy atom. The van der Waals surface area contributed by atoms with Gasteiger partial charge < -0.3 is 14.7 Å². The number of carbonyl (C=O) groups excluding carboxylic acids is 1. The maximum absolute atomic E-state index is 13.9. The van der Waals surface area contributed by atoms with Gasteiger partial charge in [-0.3, -0.25) is 9.59 Å². The van der Waals surface area contributed by atoms with Gasteiger partial charge in [-0.05, 0) is 61.6 Å². The molecule has 1 unspecified atom stereocenters. The molecule has 0 spiro atoms. The van der Waals surface area contributed by atoms with Gasteiger partial charge in [0.25, 0.3) is 5.91 Å². The summed E-state index contributed by atoms with van der Waals surface area (Å²) in [5.41, 5.74) is 1.34. The Morgan fingerprint density at radius 1 is 1.13 bits per heavy atom. The Kier molecular flexibility index (Phi) is 9.04. The van der Waals surface area contributed by atoms with E-state index in [0.717, 1.165) is 12.8 Å². The summed E-state index contributed by atoms with van der Waals surface area (Å²) < 4.78 is 34.8. The second kappa shape index (κ2) is 11.9. The summed E-state index contributed by atoms with van der Waals surface area (Å²) in [6.45, 7) is 4.17. The molecule has 2 aromatic carbocycles. The van der Waals surface area contributed by atoms with Gasteiger partial charge in [-0.15, -0.1) is 0 Å². The van der Waals surface area contributed by atoms with Crippen molar-refractivity contribution in [2.75, 3.05) is 12.3 Å². The van der Waals surface area contributed by atoms with Crippen LogP contribution in [0.25, 0.3) is 0 Å². The fourth-order valence-corrected chi connectivity index (χ4v) is 7.91. The Bertz CT molecular complexity index is 1270. The smallest absolute Gasteiger partial charge is 0.306 e. The van der Waals surface area contributed by atoms with Gasteiger partial charge >= 0.3 is 5.97 Å². The van der Waals surface area contributed by atoms with Crippen LogP contribution < -0.4 is 0 Å². The highest BCUT2D eigenvalue weighted by molar-refractivity contribution is 7.89. The molecule has 206 valence electrons. The highest BCUT2D eigenvalue weighted by Gasteiger charge is 2.48. The minimum Gasteiger partial charge on any atom is -0.481 e. The van der Waals surface area contributed by atoms with Crippen molar-refractivity contribution in [2.45, 2.75) is 69.9 Å². The zero-order valence-electron chi connectivity index (χ0n) is 21.3. The fourth-order valence-electron chi connectivity index (χ4n) is 5.45. The summed E-state index contributed by atoms with van der Waals surface area (Å²) in [6, 6.07) is 12.4. The van der Waals surface area contributed by atoms with Gasteiger partial charge in [0, 0.05) is 28.7 Å². The van der Waals surface area contributed by atoms with Gasteiger partial charge in [0.2, 0.25) is 10.0 Å². The molecule has 11 heteroatoms. The molecule has 8 nitrogen and oxygen atoms in total. The molecule has 2 fully saturated rings. The van der Waals surface area contributed by atoms with Crippen LogP contribution in [0.4, 0.5) is 0 Å². The molecule has 2 aromatic rings. The van der Waals surface area contributed by atoms with E-state index in [0.29, 0.717) is 34.1 Å². The van der Waals surface area contributed by atoms with Crippen molar-refractivity contribution >= 4 is 45.1 Å². The first kappa shape index (κ1) is 28.8. The molecular weight excluding hydrogens is 551 g/mol. The van der Waals surface area contributed by atoms with Crippen molar-refractivity contribution in [1.82, 2.24) is 9.21 Å². The molecular formula is C27H32Cl2N2O6S. The molecule has 0 bridgehead atoms. The van der Waals surface area contributed by atoms with Crippen LogP contribution in [-0.4, -0.2) is 65.1 Å². The highest BCUT2D eigenvalue weighted by atomic mass is 35.5.